The lowest BCUT2D eigenvalue weighted by Crippen LogP contribution is -2.39. The van der Waals surface area contributed by atoms with Crippen LogP contribution in [0.15, 0.2) is 11.6 Å². The Morgan fingerprint density at radius 1 is 1.25 bits per heavy atom. The molecule has 1 saturated carbocycles. The van der Waals surface area contributed by atoms with Crippen molar-refractivity contribution in [3.05, 3.63) is 11.6 Å². The third kappa shape index (κ3) is 2.54. The van der Waals surface area contributed by atoms with Gasteiger partial charge in [0.15, 0.2) is 5.78 Å². The van der Waals surface area contributed by atoms with Crippen LogP contribution < -0.4 is 5.73 Å². The van der Waals surface area contributed by atoms with Crippen molar-refractivity contribution in [2.75, 3.05) is 6.54 Å². The summed E-state index contributed by atoms with van der Waals surface area (Å²) in [5.41, 5.74) is 7.07. The molecule has 0 aliphatic heterocycles. The number of nitrogens with two attached hydrogens (primary N) is 1. The number of hydrogen-bond acceptors (Lipinski definition) is 2. The third-order valence-electron chi connectivity index (χ3n) is 4.28. The first-order valence-corrected chi connectivity index (χ1v) is 6.68. The van der Waals surface area contributed by atoms with Gasteiger partial charge in [-0.2, -0.15) is 0 Å². The van der Waals surface area contributed by atoms with E-state index in [1.54, 1.807) is 0 Å². The molecule has 2 nitrogen and oxygen atoms in total. The van der Waals surface area contributed by atoms with Crippen molar-refractivity contribution < 1.29 is 4.79 Å². The molecule has 1 fully saturated rings. The summed E-state index contributed by atoms with van der Waals surface area (Å²) < 4.78 is 0. The molecule has 0 aromatic heterocycles. The molecule has 0 aromatic rings. The Balaban J connectivity index is 1.93. The molecule has 2 aliphatic carbocycles. The summed E-state index contributed by atoms with van der Waals surface area (Å²) in [5.74, 6) is 0.382. The lowest BCUT2D eigenvalue weighted by molar-refractivity contribution is -0.119. The molecule has 2 aliphatic rings. The lowest BCUT2D eigenvalue weighted by Gasteiger charge is -2.40. The quantitative estimate of drug-likeness (QED) is 0.793. The molecule has 90 valence electrons. The van der Waals surface area contributed by atoms with Gasteiger partial charge in [0.05, 0.1) is 0 Å². The molecule has 0 heterocycles. The van der Waals surface area contributed by atoms with Crippen LogP contribution in [0.1, 0.15) is 57.8 Å². The van der Waals surface area contributed by atoms with Crippen LogP contribution in [0.4, 0.5) is 0 Å². The average molecular weight is 221 g/mol. The molecule has 0 aromatic carbocycles. The van der Waals surface area contributed by atoms with Crippen LogP contribution in [0.2, 0.25) is 0 Å². The Labute approximate surface area is 98.3 Å². The van der Waals surface area contributed by atoms with E-state index in [4.69, 9.17) is 5.73 Å². The van der Waals surface area contributed by atoms with E-state index >= 15 is 0 Å². The zero-order chi connectivity index (χ0) is 11.4. The summed E-state index contributed by atoms with van der Waals surface area (Å²) in [7, 11) is 0. The van der Waals surface area contributed by atoms with E-state index in [-0.39, 0.29) is 5.41 Å². The van der Waals surface area contributed by atoms with Crippen molar-refractivity contribution in [2.24, 2.45) is 11.1 Å². The summed E-state index contributed by atoms with van der Waals surface area (Å²) in [4.78, 5) is 12.2. The topological polar surface area (TPSA) is 43.1 Å². The number of ketones is 1. The molecule has 0 amide bonds. The Morgan fingerprint density at radius 2 is 2.06 bits per heavy atom. The zero-order valence-electron chi connectivity index (χ0n) is 10.1. The molecule has 2 N–H and O–H groups in total. The van der Waals surface area contributed by atoms with Gasteiger partial charge in [-0.05, 0) is 56.1 Å². The highest BCUT2D eigenvalue weighted by Crippen LogP contribution is 2.43. The fourth-order valence-corrected chi connectivity index (χ4v) is 2.85. The Hall–Kier alpha value is -0.630. The fraction of sp³-hybridized carbons (Fsp3) is 0.786. The molecule has 0 unspecified atom stereocenters. The Kier molecular flexibility index (Phi) is 3.80. The predicted octanol–water partition coefficient (Wildman–Crippen LogP) is 2.97. The number of rotatable bonds is 4. The van der Waals surface area contributed by atoms with Crippen molar-refractivity contribution in [1.29, 1.82) is 0 Å². The predicted molar refractivity (Wildman–Crippen MR) is 66.1 cm³/mol. The van der Waals surface area contributed by atoms with E-state index in [9.17, 15) is 4.79 Å². The van der Waals surface area contributed by atoms with Crippen LogP contribution in [0.3, 0.4) is 0 Å². The van der Waals surface area contributed by atoms with E-state index in [1.807, 2.05) is 0 Å². The Morgan fingerprint density at radius 3 is 2.69 bits per heavy atom. The summed E-state index contributed by atoms with van der Waals surface area (Å²) in [5, 5.41) is 0. The van der Waals surface area contributed by atoms with Crippen LogP contribution in [-0.4, -0.2) is 12.3 Å². The minimum absolute atomic E-state index is 0.171. The SMILES string of the molecule is NCC1(CC(=O)C2=CCCCCC2)CCC1. The van der Waals surface area contributed by atoms with Crippen LogP contribution in [0.5, 0.6) is 0 Å². The minimum Gasteiger partial charge on any atom is -0.330 e. The van der Waals surface area contributed by atoms with E-state index in [2.05, 4.69) is 6.08 Å². The standard InChI is InChI=1S/C14H23NO/c15-11-14(8-5-9-14)10-13(16)12-6-3-1-2-4-7-12/h6H,1-5,7-11,15H2. The van der Waals surface area contributed by atoms with E-state index in [0.717, 1.165) is 31.3 Å². The van der Waals surface area contributed by atoms with Gasteiger partial charge >= 0.3 is 0 Å². The number of Topliss-reactive ketones (excluding diaryl/α,β-unsaturated/α-hetero) is 1. The Bertz CT molecular complexity index is 284. The summed E-state index contributed by atoms with van der Waals surface area (Å²) in [6.07, 6.45) is 12.2. The maximum Gasteiger partial charge on any atom is 0.159 e. The van der Waals surface area contributed by atoms with E-state index in [0.29, 0.717) is 18.7 Å². The highest BCUT2D eigenvalue weighted by atomic mass is 16.1. The fourth-order valence-electron chi connectivity index (χ4n) is 2.85. The van der Waals surface area contributed by atoms with Crippen LogP contribution in [0.25, 0.3) is 0 Å². The summed E-state index contributed by atoms with van der Waals surface area (Å²) in [6.45, 7) is 0.687. The van der Waals surface area contributed by atoms with Crippen molar-refractivity contribution in [1.82, 2.24) is 0 Å². The summed E-state index contributed by atoms with van der Waals surface area (Å²) >= 11 is 0. The molecular formula is C14H23NO. The molecular weight excluding hydrogens is 198 g/mol. The molecule has 0 radical (unpaired) electrons. The zero-order valence-corrected chi connectivity index (χ0v) is 10.1. The van der Waals surface area contributed by atoms with Gasteiger partial charge in [-0.3, -0.25) is 4.79 Å². The number of carbonyl (C=O) groups excluding carboxylic acids is 1. The number of hydrogen-bond donors (Lipinski definition) is 1. The maximum atomic E-state index is 12.2. The second kappa shape index (κ2) is 5.13. The van der Waals surface area contributed by atoms with Crippen molar-refractivity contribution >= 4 is 5.78 Å². The molecule has 0 atom stereocenters. The van der Waals surface area contributed by atoms with Gasteiger partial charge in [-0.15, -0.1) is 0 Å². The monoisotopic (exact) mass is 221 g/mol. The normalized spacial score (nSPS) is 24.2. The molecule has 0 spiro atoms. The first-order valence-electron chi connectivity index (χ1n) is 6.68. The molecule has 0 bridgehead atoms. The second-order valence-corrected chi connectivity index (χ2v) is 5.49. The maximum absolute atomic E-state index is 12.2. The van der Waals surface area contributed by atoms with Gasteiger partial charge in [-0.25, -0.2) is 0 Å². The largest absolute Gasteiger partial charge is 0.330 e. The van der Waals surface area contributed by atoms with Gasteiger partial charge in [0.25, 0.3) is 0 Å². The van der Waals surface area contributed by atoms with Crippen molar-refractivity contribution in [3.63, 3.8) is 0 Å². The minimum atomic E-state index is 0.171. The van der Waals surface area contributed by atoms with Gasteiger partial charge in [0.1, 0.15) is 0 Å². The van der Waals surface area contributed by atoms with Gasteiger partial charge < -0.3 is 5.73 Å². The number of allylic oxidation sites excluding steroid dienone is 2. The summed E-state index contributed by atoms with van der Waals surface area (Å²) in [6, 6.07) is 0. The first-order chi connectivity index (χ1) is 7.76. The van der Waals surface area contributed by atoms with E-state index in [1.165, 1.54) is 25.7 Å². The first kappa shape index (κ1) is 11.8. The van der Waals surface area contributed by atoms with Crippen LogP contribution >= 0.6 is 0 Å². The molecule has 16 heavy (non-hydrogen) atoms. The number of carbonyl (C=O) groups is 1. The lowest BCUT2D eigenvalue weighted by atomic mass is 9.65. The molecule has 2 rings (SSSR count). The average Bonchev–Trinajstić information content (AvgIpc) is 2.51. The van der Waals surface area contributed by atoms with Gasteiger partial charge in [0, 0.05) is 6.42 Å². The van der Waals surface area contributed by atoms with Gasteiger partial charge in [0.2, 0.25) is 0 Å². The highest BCUT2D eigenvalue weighted by Gasteiger charge is 2.37. The third-order valence-corrected chi connectivity index (χ3v) is 4.28. The van der Waals surface area contributed by atoms with Crippen molar-refractivity contribution in [3.8, 4) is 0 Å². The van der Waals surface area contributed by atoms with Crippen LogP contribution in [-0.2, 0) is 4.79 Å². The smallest absolute Gasteiger partial charge is 0.159 e. The molecule has 2 heteroatoms. The van der Waals surface area contributed by atoms with Crippen molar-refractivity contribution in [2.45, 2.75) is 57.8 Å². The van der Waals surface area contributed by atoms with E-state index < -0.39 is 0 Å². The van der Waals surface area contributed by atoms with Crippen LogP contribution in [0, 0.1) is 5.41 Å². The van der Waals surface area contributed by atoms with Gasteiger partial charge in [-0.1, -0.05) is 18.9 Å². The highest BCUT2D eigenvalue weighted by molar-refractivity contribution is 5.95. The molecule has 0 saturated heterocycles. The second-order valence-electron chi connectivity index (χ2n) is 5.49.